The standard InChI is InChI=1S/C7H9BO2/c1-9-6-4-2-3-5-7(6)10-8/h2-5H,8H2,1H3. The highest BCUT2D eigenvalue weighted by atomic mass is 16.5. The zero-order valence-electron chi connectivity index (χ0n) is 6.13. The summed E-state index contributed by atoms with van der Waals surface area (Å²) in [5, 5.41) is 0. The van der Waals surface area contributed by atoms with E-state index < -0.39 is 0 Å². The van der Waals surface area contributed by atoms with Gasteiger partial charge >= 0.3 is 8.05 Å². The number of hydrogen-bond donors (Lipinski definition) is 0. The summed E-state index contributed by atoms with van der Waals surface area (Å²) >= 11 is 0. The summed E-state index contributed by atoms with van der Waals surface area (Å²) in [6.45, 7) is 0. The molecular formula is C7H9BO2. The first-order valence-corrected chi connectivity index (χ1v) is 3.05. The Morgan fingerprint density at radius 3 is 2.20 bits per heavy atom. The van der Waals surface area contributed by atoms with E-state index in [0.717, 1.165) is 11.5 Å². The monoisotopic (exact) mass is 136 g/mol. The van der Waals surface area contributed by atoms with Crippen molar-refractivity contribution in [3.05, 3.63) is 24.3 Å². The maximum atomic E-state index is 5.01. The van der Waals surface area contributed by atoms with E-state index in [9.17, 15) is 0 Å². The largest absolute Gasteiger partial charge is 0.565 e. The Kier molecular flexibility index (Phi) is 2.21. The minimum absolute atomic E-state index is 0.769. The molecule has 0 saturated carbocycles. The molecule has 0 bridgehead atoms. The molecule has 10 heavy (non-hydrogen) atoms. The van der Waals surface area contributed by atoms with Gasteiger partial charge in [-0.05, 0) is 12.1 Å². The highest BCUT2D eigenvalue weighted by Gasteiger charge is 1.96. The fraction of sp³-hybridized carbons (Fsp3) is 0.143. The van der Waals surface area contributed by atoms with E-state index in [1.807, 2.05) is 24.3 Å². The van der Waals surface area contributed by atoms with E-state index in [1.165, 1.54) is 0 Å². The van der Waals surface area contributed by atoms with E-state index in [-0.39, 0.29) is 0 Å². The molecule has 0 N–H and O–H groups in total. The number of hydrogen-bond acceptors (Lipinski definition) is 2. The molecule has 0 atom stereocenters. The van der Waals surface area contributed by atoms with Crippen LogP contribution in [-0.4, -0.2) is 15.2 Å². The molecule has 0 aromatic heterocycles. The lowest BCUT2D eigenvalue weighted by Gasteiger charge is -2.05. The van der Waals surface area contributed by atoms with Crippen molar-refractivity contribution < 1.29 is 9.39 Å². The average molecular weight is 136 g/mol. The van der Waals surface area contributed by atoms with Crippen molar-refractivity contribution in [3.8, 4) is 11.5 Å². The summed E-state index contributed by atoms with van der Waals surface area (Å²) in [6.07, 6.45) is 0. The van der Waals surface area contributed by atoms with E-state index in [0.29, 0.717) is 0 Å². The minimum atomic E-state index is 0.769. The first-order chi connectivity index (χ1) is 4.88. The molecule has 0 aliphatic carbocycles. The van der Waals surface area contributed by atoms with Crippen LogP contribution in [0.1, 0.15) is 0 Å². The average Bonchev–Trinajstić information content (AvgIpc) is 2.04. The first-order valence-electron chi connectivity index (χ1n) is 3.05. The highest BCUT2D eigenvalue weighted by Crippen LogP contribution is 2.24. The van der Waals surface area contributed by atoms with Crippen molar-refractivity contribution >= 4 is 8.05 Å². The molecule has 3 heteroatoms. The Labute approximate surface area is 61.2 Å². The van der Waals surface area contributed by atoms with Crippen molar-refractivity contribution in [2.24, 2.45) is 0 Å². The Hall–Kier alpha value is -1.12. The van der Waals surface area contributed by atoms with Crippen molar-refractivity contribution in [1.82, 2.24) is 0 Å². The lowest BCUT2D eigenvalue weighted by atomic mass is 10.3. The van der Waals surface area contributed by atoms with E-state index in [1.54, 1.807) is 15.2 Å². The molecule has 0 aliphatic heterocycles. The van der Waals surface area contributed by atoms with E-state index in [2.05, 4.69) is 0 Å². The molecule has 1 aromatic rings. The third-order valence-electron chi connectivity index (χ3n) is 1.29. The van der Waals surface area contributed by atoms with E-state index >= 15 is 0 Å². The lowest BCUT2D eigenvalue weighted by molar-refractivity contribution is 0.397. The van der Waals surface area contributed by atoms with Gasteiger partial charge in [-0.3, -0.25) is 0 Å². The van der Waals surface area contributed by atoms with Gasteiger partial charge in [0.1, 0.15) is 5.75 Å². The Morgan fingerprint density at radius 2 is 1.80 bits per heavy atom. The van der Waals surface area contributed by atoms with Crippen LogP contribution in [0.4, 0.5) is 0 Å². The quantitative estimate of drug-likeness (QED) is 0.555. The zero-order valence-corrected chi connectivity index (χ0v) is 6.13. The summed E-state index contributed by atoms with van der Waals surface area (Å²) in [7, 11) is 3.25. The van der Waals surface area contributed by atoms with Crippen molar-refractivity contribution in [1.29, 1.82) is 0 Å². The van der Waals surface area contributed by atoms with Gasteiger partial charge < -0.3 is 9.39 Å². The second-order valence-corrected chi connectivity index (χ2v) is 1.85. The molecule has 0 amide bonds. The van der Waals surface area contributed by atoms with Gasteiger partial charge in [0, 0.05) is 0 Å². The third kappa shape index (κ3) is 1.24. The predicted molar refractivity (Wildman–Crippen MR) is 42.2 cm³/mol. The van der Waals surface area contributed by atoms with Gasteiger partial charge in [0.2, 0.25) is 0 Å². The number of methoxy groups -OCH3 is 1. The first kappa shape index (κ1) is 7.00. The Morgan fingerprint density at radius 1 is 1.20 bits per heavy atom. The van der Waals surface area contributed by atoms with Crippen molar-refractivity contribution in [3.63, 3.8) is 0 Å². The molecule has 0 saturated heterocycles. The van der Waals surface area contributed by atoms with Crippen molar-refractivity contribution in [2.75, 3.05) is 7.11 Å². The molecule has 0 radical (unpaired) electrons. The summed E-state index contributed by atoms with van der Waals surface area (Å²) in [5.41, 5.74) is 0. The second kappa shape index (κ2) is 3.15. The number of para-hydroxylation sites is 2. The topological polar surface area (TPSA) is 18.5 Å². The van der Waals surface area contributed by atoms with Gasteiger partial charge in [-0.1, -0.05) is 12.1 Å². The maximum Gasteiger partial charge on any atom is 0.322 e. The molecule has 0 spiro atoms. The Bertz CT molecular complexity index is 190. The molecule has 0 aliphatic rings. The summed E-state index contributed by atoms with van der Waals surface area (Å²) in [6, 6.07) is 7.53. The van der Waals surface area contributed by atoms with Gasteiger partial charge in [0.15, 0.2) is 5.75 Å². The second-order valence-electron chi connectivity index (χ2n) is 1.85. The van der Waals surface area contributed by atoms with Gasteiger partial charge in [0.05, 0.1) is 7.11 Å². The van der Waals surface area contributed by atoms with Crippen molar-refractivity contribution in [2.45, 2.75) is 0 Å². The van der Waals surface area contributed by atoms with Gasteiger partial charge in [-0.25, -0.2) is 0 Å². The highest BCUT2D eigenvalue weighted by molar-refractivity contribution is 6.00. The van der Waals surface area contributed by atoms with Crippen LogP contribution in [0.15, 0.2) is 24.3 Å². The smallest absolute Gasteiger partial charge is 0.322 e. The number of ether oxygens (including phenoxy) is 1. The number of rotatable bonds is 2. The molecule has 2 nitrogen and oxygen atoms in total. The van der Waals surface area contributed by atoms with Crippen LogP contribution in [0.2, 0.25) is 0 Å². The summed E-state index contributed by atoms with van der Waals surface area (Å²) in [4.78, 5) is 0. The van der Waals surface area contributed by atoms with Crippen LogP contribution in [-0.2, 0) is 0 Å². The molecule has 0 fully saturated rings. The van der Waals surface area contributed by atoms with Crippen LogP contribution in [0.3, 0.4) is 0 Å². The molecular weight excluding hydrogens is 127 g/mol. The van der Waals surface area contributed by atoms with Crippen LogP contribution in [0.25, 0.3) is 0 Å². The number of benzene rings is 1. The lowest BCUT2D eigenvalue weighted by Crippen LogP contribution is -1.89. The van der Waals surface area contributed by atoms with Gasteiger partial charge in [-0.15, -0.1) is 0 Å². The van der Waals surface area contributed by atoms with Gasteiger partial charge in [-0.2, -0.15) is 0 Å². The maximum absolute atomic E-state index is 5.01. The summed E-state index contributed by atoms with van der Waals surface area (Å²) < 4.78 is 10.0. The van der Waals surface area contributed by atoms with Crippen LogP contribution < -0.4 is 9.39 Å². The minimum Gasteiger partial charge on any atom is -0.565 e. The fourth-order valence-corrected chi connectivity index (χ4v) is 0.787. The zero-order chi connectivity index (χ0) is 7.40. The molecule has 1 rings (SSSR count). The summed E-state index contributed by atoms with van der Waals surface area (Å²) in [5.74, 6) is 1.54. The van der Waals surface area contributed by atoms with Gasteiger partial charge in [0.25, 0.3) is 0 Å². The SMILES string of the molecule is BOc1ccccc1OC. The molecule has 52 valence electrons. The van der Waals surface area contributed by atoms with E-state index in [4.69, 9.17) is 9.39 Å². The Balaban J connectivity index is 2.96. The normalized spacial score (nSPS) is 8.90. The van der Waals surface area contributed by atoms with Crippen LogP contribution in [0, 0.1) is 0 Å². The fourth-order valence-electron chi connectivity index (χ4n) is 0.787. The molecule has 0 unspecified atom stereocenters. The molecule has 1 aromatic carbocycles. The predicted octanol–water partition coefficient (Wildman–Crippen LogP) is 0.622. The van der Waals surface area contributed by atoms with Crippen LogP contribution in [0.5, 0.6) is 11.5 Å². The van der Waals surface area contributed by atoms with Crippen LogP contribution >= 0.6 is 0 Å². The molecule has 0 heterocycles. The third-order valence-corrected chi connectivity index (χ3v) is 1.29.